The van der Waals surface area contributed by atoms with E-state index >= 15 is 0 Å². The summed E-state index contributed by atoms with van der Waals surface area (Å²) < 4.78 is 10.5. The molecule has 1 saturated heterocycles. The van der Waals surface area contributed by atoms with Crippen molar-refractivity contribution >= 4 is 11.9 Å². The summed E-state index contributed by atoms with van der Waals surface area (Å²) in [6, 6.07) is 0. The summed E-state index contributed by atoms with van der Waals surface area (Å²) in [4.78, 5) is 15.8. The van der Waals surface area contributed by atoms with Crippen LogP contribution in [0.1, 0.15) is 58.8 Å². The van der Waals surface area contributed by atoms with Crippen LogP contribution in [0.2, 0.25) is 0 Å². The molecule has 1 atom stereocenters. The molecule has 1 fully saturated rings. The monoisotopic (exact) mass is 327 g/mol. The molecule has 1 aliphatic heterocycles. The second-order valence-corrected chi connectivity index (χ2v) is 5.75. The average Bonchev–Trinajstić information content (AvgIpc) is 3.05. The molecule has 1 rings (SSSR count). The first-order valence-corrected chi connectivity index (χ1v) is 9.05. The first-order valence-electron chi connectivity index (χ1n) is 9.05. The summed E-state index contributed by atoms with van der Waals surface area (Å²) in [6.07, 6.45) is 7.24. The second kappa shape index (κ2) is 13.2. The van der Waals surface area contributed by atoms with Crippen molar-refractivity contribution < 1.29 is 14.3 Å². The Morgan fingerprint density at radius 1 is 1.22 bits per heavy atom. The van der Waals surface area contributed by atoms with Gasteiger partial charge in [0, 0.05) is 26.1 Å². The molecule has 1 unspecified atom stereocenters. The highest BCUT2D eigenvalue weighted by Crippen LogP contribution is 2.11. The van der Waals surface area contributed by atoms with E-state index in [0.717, 1.165) is 70.7 Å². The molecule has 23 heavy (non-hydrogen) atoms. The number of esters is 1. The third kappa shape index (κ3) is 10.2. The molecule has 2 N–H and O–H groups in total. The summed E-state index contributed by atoms with van der Waals surface area (Å²) in [7, 11) is 0. The Morgan fingerprint density at radius 2 is 2.04 bits per heavy atom. The highest BCUT2D eigenvalue weighted by atomic mass is 16.5. The minimum Gasteiger partial charge on any atom is -0.466 e. The fourth-order valence-corrected chi connectivity index (χ4v) is 2.51. The van der Waals surface area contributed by atoms with E-state index in [9.17, 15) is 4.79 Å². The number of aliphatic imine (C=N–C) groups is 1. The predicted octanol–water partition coefficient (Wildman–Crippen LogP) is 2.23. The van der Waals surface area contributed by atoms with E-state index in [4.69, 9.17) is 9.47 Å². The Hall–Kier alpha value is -1.30. The Balaban J connectivity index is 2.05. The van der Waals surface area contributed by atoms with Gasteiger partial charge in [-0.1, -0.05) is 12.8 Å². The van der Waals surface area contributed by atoms with Crippen molar-refractivity contribution in [2.45, 2.75) is 64.9 Å². The van der Waals surface area contributed by atoms with Crippen LogP contribution in [0, 0.1) is 0 Å². The van der Waals surface area contributed by atoms with Crippen LogP contribution in [0.15, 0.2) is 4.99 Å². The van der Waals surface area contributed by atoms with Crippen LogP contribution in [0.4, 0.5) is 0 Å². The number of hydrogen-bond acceptors (Lipinski definition) is 4. The summed E-state index contributed by atoms with van der Waals surface area (Å²) in [5.74, 6) is 0.788. The molecule has 0 aromatic heterocycles. The minimum absolute atomic E-state index is 0.0821. The van der Waals surface area contributed by atoms with Crippen molar-refractivity contribution in [3.63, 3.8) is 0 Å². The number of nitrogens with zero attached hydrogens (tertiary/aromatic N) is 1. The molecule has 0 spiro atoms. The Bertz CT molecular complexity index is 342. The number of nitrogens with one attached hydrogen (secondary N) is 2. The van der Waals surface area contributed by atoms with Crippen molar-refractivity contribution in [2.75, 3.05) is 32.8 Å². The number of carbonyl (C=O) groups is 1. The van der Waals surface area contributed by atoms with Crippen LogP contribution >= 0.6 is 0 Å². The van der Waals surface area contributed by atoms with E-state index < -0.39 is 0 Å². The Morgan fingerprint density at radius 3 is 2.74 bits per heavy atom. The van der Waals surface area contributed by atoms with E-state index in [-0.39, 0.29) is 12.1 Å². The standard InChI is InChI=1S/C17H33N3O3/c1-3-18-17(20-14-15-10-9-13-23-15)19-12-8-6-5-7-11-16(21)22-4-2/h15H,3-14H2,1-2H3,(H2,18,19,20). The first kappa shape index (κ1) is 19.7. The van der Waals surface area contributed by atoms with Crippen molar-refractivity contribution in [3.05, 3.63) is 0 Å². The molecule has 0 radical (unpaired) electrons. The number of carbonyl (C=O) groups excluding carboxylic acids is 1. The van der Waals surface area contributed by atoms with Gasteiger partial charge in [-0.15, -0.1) is 0 Å². The van der Waals surface area contributed by atoms with Gasteiger partial charge < -0.3 is 20.1 Å². The van der Waals surface area contributed by atoms with Crippen LogP contribution in [-0.2, 0) is 14.3 Å². The fraction of sp³-hybridized carbons (Fsp3) is 0.882. The zero-order valence-corrected chi connectivity index (χ0v) is 14.7. The number of unbranched alkanes of at least 4 members (excludes halogenated alkanes) is 3. The Labute approximate surface area is 140 Å². The van der Waals surface area contributed by atoms with Crippen LogP contribution in [0.25, 0.3) is 0 Å². The molecule has 0 aliphatic carbocycles. The van der Waals surface area contributed by atoms with E-state index in [0.29, 0.717) is 13.0 Å². The molecule has 0 amide bonds. The van der Waals surface area contributed by atoms with Crippen molar-refractivity contribution in [1.82, 2.24) is 10.6 Å². The van der Waals surface area contributed by atoms with Gasteiger partial charge in [0.05, 0.1) is 19.3 Å². The fourth-order valence-electron chi connectivity index (χ4n) is 2.51. The zero-order valence-electron chi connectivity index (χ0n) is 14.7. The second-order valence-electron chi connectivity index (χ2n) is 5.75. The largest absolute Gasteiger partial charge is 0.466 e. The van der Waals surface area contributed by atoms with Crippen LogP contribution in [-0.4, -0.2) is 50.9 Å². The lowest BCUT2D eigenvalue weighted by molar-refractivity contribution is -0.143. The highest BCUT2D eigenvalue weighted by Gasteiger charge is 2.14. The van der Waals surface area contributed by atoms with Gasteiger partial charge in [-0.3, -0.25) is 9.79 Å². The van der Waals surface area contributed by atoms with Crippen LogP contribution < -0.4 is 10.6 Å². The molecular formula is C17H33N3O3. The molecule has 1 aliphatic rings. The summed E-state index contributed by atoms with van der Waals surface area (Å²) in [5.41, 5.74) is 0. The molecule has 6 heteroatoms. The molecule has 6 nitrogen and oxygen atoms in total. The van der Waals surface area contributed by atoms with Gasteiger partial charge in [-0.25, -0.2) is 0 Å². The van der Waals surface area contributed by atoms with E-state index in [1.165, 1.54) is 0 Å². The summed E-state index contributed by atoms with van der Waals surface area (Å²) in [6.45, 7) is 7.74. The van der Waals surface area contributed by atoms with Gasteiger partial charge >= 0.3 is 5.97 Å². The van der Waals surface area contributed by atoms with Crippen molar-refractivity contribution in [1.29, 1.82) is 0 Å². The van der Waals surface area contributed by atoms with Gasteiger partial charge in [-0.05, 0) is 39.5 Å². The quantitative estimate of drug-likeness (QED) is 0.263. The number of hydrogen-bond donors (Lipinski definition) is 2. The number of ether oxygens (including phenoxy) is 2. The lowest BCUT2D eigenvalue weighted by Crippen LogP contribution is -2.38. The van der Waals surface area contributed by atoms with E-state index in [1.807, 2.05) is 6.92 Å². The SMILES string of the molecule is CCNC(=NCC1CCCO1)NCCCCCCC(=O)OCC. The van der Waals surface area contributed by atoms with E-state index in [1.54, 1.807) is 0 Å². The molecule has 134 valence electrons. The Kier molecular flexibility index (Phi) is 11.3. The normalized spacial score (nSPS) is 18.0. The number of rotatable bonds is 11. The van der Waals surface area contributed by atoms with Crippen LogP contribution in [0.3, 0.4) is 0 Å². The third-order valence-electron chi connectivity index (χ3n) is 3.73. The molecule has 0 bridgehead atoms. The lowest BCUT2D eigenvalue weighted by atomic mass is 10.1. The summed E-state index contributed by atoms with van der Waals surface area (Å²) >= 11 is 0. The third-order valence-corrected chi connectivity index (χ3v) is 3.73. The molecule has 1 heterocycles. The maximum Gasteiger partial charge on any atom is 0.305 e. The maximum atomic E-state index is 11.2. The van der Waals surface area contributed by atoms with Gasteiger partial charge in [0.25, 0.3) is 0 Å². The number of guanidine groups is 1. The zero-order chi connectivity index (χ0) is 16.8. The summed E-state index contributed by atoms with van der Waals surface area (Å²) in [5, 5.41) is 6.62. The van der Waals surface area contributed by atoms with Gasteiger partial charge in [-0.2, -0.15) is 0 Å². The van der Waals surface area contributed by atoms with Gasteiger partial charge in [0.15, 0.2) is 5.96 Å². The van der Waals surface area contributed by atoms with Gasteiger partial charge in [0.1, 0.15) is 0 Å². The predicted molar refractivity (Wildman–Crippen MR) is 92.7 cm³/mol. The molecule has 0 aromatic carbocycles. The van der Waals surface area contributed by atoms with Crippen molar-refractivity contribution in [3.8, 4) is 0 Å². The van der Waals surface area contributed by atoms with Crippen LogP contribution in [0.5, 0.6) is 0 Å². The average molecular weight is 327 g/mol. The van der Waals surface area contributed by atoms with Crippen molar-refractivity contribution in [2.24, 2.45) is 4.99 Å². The van der Waals surface area contributed by atoms with E-state index in [2.05, 4.69) is 22.5 Å². The maximum absolute atomic E-state index is 11.2. The molecule has 0 aromatic rings. The highest BCUT2D eigenvalue weighted by molar-refractivity contribution is 5.79. The molecular weight excluding hydrogens is 294 g/mol. The topological polar surface area (TPSA) is 72.0 Å². The molecule has 0 saturated carbocycles. The first-order chi connectivity index (χ1) is 11.3. The lowest BCUT2D eigenvalue weighted by Gasteiger charge is -2.12. The minimum atomic E-state index is -0.0821. The smallest absolute Gasteiger partial charge is 0.305 e. The van der Waals surface area contributed by atoms with Gasteiger partial charge in [0.2, 0.25) is 0 Å².